The predicted molar refractivity (Wildman–Crippen MR) is 89.7 cm³/mol. The molecule has 0 fully saturated rings. The van der Waals surface area contributed by atoms with Crippen LogP contribution in [0, 0.1) is 6.92 Å². The summed E-state index contributed by atoms with van der Waals surface area (Å²) in [6.45, 7) is 5.64. The fourth-order valence-electron chi connectivity index (χ4n) is 2.08. The molecule has 0 saturated carbocycles. The Bertz CT molecular complexity index is 719. The minimum Gasteiger partial charge on any atom is -0.235 e. The van der Waals surface area contributed by atoms with E-state index in [2.05, 4.69) is 0 Å². The summed E-state index contributed by atoms with van der Waals surface area (Å²) in [5, 5.41) is 0. The standard InChI is InChI=1S/C18H22O4S/c1-15-9-11-17(12-10-15)23(19,20)14-13-21-22-18(2,3)16-7-5-4-6-8-16/h4-12H,13-14H2,1-3H3. The number of hydrogen-bond acceptors (Lipinski definition) is 4. The number of hydrogen-bond donors (Lipinski definition) is 0. The molecule has 2 rings (SSSR count). The predicted octanol–water partition coefficient (Wildman–Crippen LogP) is 3.65. The SMILES string of the molecule is Cc1ccc(S(=O)(=O)CCOOC(C)(C)c2ccccc2)cc1. The minimum atomic E-state index is -3.36. The normalized spacial score (nSPS) is 12.3. The van der Waals surface area contributed by atoms with Gasteiger partial charge in [-0.1, -0.05) is 48.0 Å². The lowest BCUT2D eigenvalue weighted by molar-refractivity contribution is -0.355. The van der Waals surface area contributed by atoms with Gasteiger partial charge in [0.05, 0.1) is 17.3 Å². The van der Waals surface area contributed by atoms with E-state index in [1.807, 2.05) is 51.1 Å². The molecule has 0 aromatic heterocycles. The van der Waals surface area contributed by atoms with E-state index in [1.165, 1.54) is 0 Å². The number of aryl methyl sites for hydroxylation is 1. The van der Waals surface area contributed by atoms with Gasteiger partial charge in [0.25, 0.3) is 0 Å². The van der Waals surface area contributed by atoms with Crippen LogP contribution >= 0.6 is 0 Å². The third-order valence-corrected chi connectivity index (χ3v) is 5.25. The van der Waals surface area contributed by atoms with E-state index in [9.17, 15) is 8.42 Å². The maximum Gasteiger partial charge on any atom is 0.180 e. The van der Waals surface area contributed by atoms with Gasteiger partial charge >= 0.3 is 0 Å². The maximum absolute atomic E-state index is 12.2. The molecular formula is C18H22O4S. The van der Waals surface area contributed by atoms with E-state index in [4.69, 9.17) is 9.78 Å². The van der Waals surface area contributed by atoms with Crippen molar-refractivity contribution in [1.82, 2.24) is 0 Å². The smallest absolute Gasteiger partial charge is 0.180 e. The molecule has 0 unspecified atom stereocenters. The molecule has 0 heterocycles. The summed E-state index contributed by atoms with van der Waals surface area (Å²) >= 11 is 0. The van der Waals surface area contributed by atoms with Crippen molar-refractivity contribution in [1.29, 1.82) is 0 Å². The Labute approximate surface area is 137 Å². The summed E-state index contributed by atoms with van der Waals surface area (Å²) in [6, 6.07) is 16.4. The van der Waals surface area contributed by atoms with E-state index >= 15 is 0 Å². The van der Waals surface area contributed by atoms with Crippen LogP contribution in [0.15, 0.2) is 59.5 Å². The summed E-state index contributed by atoms with van der Waals surface area (Å²) in [5.74, 6) is -0.124. The molecule has 0 aliphatic heterocycles. The zero-order valence-electron chi connectivity index (χ0n) is 13.7. The second-order valence-corrected chi connectivity index (χ2v) is 8.02. The fourth-order valence-corrected chi connectivity index (χ4v) is 3.16. The minimum absolute atomic E-state index is 0.0214. The van der Waals surface area contributed by atoms with E-state index in [1.54, 1.807) is 24.3 Å². The highest BCUT2D eigenvalue weighted by atomic mass is 32.2. The zero-order valence-corrected chi connectivity index (χ0v) is 14.5. The Morgan fingerprint density at radius 3 is 2.17 bits per heavy atom. The highest BCUT2D eigenvalue weighted by molar-refractivity contribution is 7.91. The third-order valence-electron chi connectivity index (χ3n) is 3.55. The Balaban J connectivity index is 1.88. The Morgan fingerprint density at radius 2 is 1.57 bits per heavy atom. The largest absolute Gasteiger partial charge is 0.235 e. The van der Waals surface area contributed by atoms with Crippen molar-refractivity contribution in [2.45, 2.75) is 31.3 Å². The molecule has 5 heteroatoms. The average Bonchev–Trinajstić information content (AvgIpc) is 2.53. The molecule has 2 aromatic carbocycles. The molecule has 2 aromatic rings. The molecule has 0 spiro atoms. The van der Waals surface area contributed by atoms with Gasteiger partial charge in [-0.15, -0.1) is 0 Å². The molecule has 0 aliphatic carbocycles. The van der Waals surface area contributed by atoms with E-state index in [-0.39, 0.29) is 12.4 Å². The molecular weight excluding hydrogens is 312 g/mol. The monoisotopic (exact) mass is 334 g/mol. The van der Waals surface area contributed by atoms with Crippen LogP contribution in [0.25, 0.3) is 0 Å². The average molecular weight is 334 g/mol. The summed E-state index contributed by atoms with van der Waals surface area (Å²) < 4.78 is 24.4. The van der Waals surface area contributed by atoms with Crippen molar-refractivity contribution in [2.24, 2.45) is 0 Å². The summed E-state index contributed by atoms with van der Waals surface area (Å²) in [4.78, 5) is 10.9. The first kappa shape index (κ1) is 17.7. The van der Waals surface area contributed by atoms with Gasteiger partial charge in [0, 0.05) is 0 Å². The van der Waals surface area contributed by atoms with E-state index < -0.39 is 15.4 Å². The van der Waals surface area contributed by atoms with Gasteiger partial charge in [-0.05, 0) is 38.5 Å². The lowest BCUT2D eigenvalue weighted by Crippen LogP contribution is -2.23. The Hall–Kier alpha value is -1.69. The maximum atomic E-state index is 12.2. The first-order valence-corrected chi connectivity index (χ1v) is 9.12. The van der Waals surface area contributed by atoms with Crippen molar-refractivity contribution >= 4 is 9.84 Å². The Morgan fingerprint density at radius 1 is 0.957 bits per heavy atom. The van der Waals surface area contributed by atoms with E-state index in [0.717, 1.165) is 11.1 Å². The Kier molecular flexibility index (Phi) is 5.57. The molecule has 0 amide bonds. The number of rotatable bonds is 7. The number of benzene rings is 2. The highest BCUT2D eigenvalue weighted by Gasteiger charge is 2.23. The lowest BCUT2D eigenvalue weighted by Gasteiger charge is -2.24. The van der Waals surface area contributed by atoms with Gasteiger partial charge in [-0.2, -0.15) is 0 Å². The quantitative estimate of drug-likeness (QED) is 0.440. The molecule has 0 radical (unpaired) electrons. The fraction of sp³-hybridized carbons (Fsp3) is 0.333. The van der Waals surface area contributed by atoms with Crippen LogP contribution < -0.4 is 0 Å². The van der Waals surface area contributed by atoms with Crippen LogP contribution in [0.2, 0.25) is 0 Å². The van der Waals surface area contributed by atoms with Crippen LogP contribution in [-0.2, 0) is 25.2 Å². The highest BCUT2D eigenvalue weighted by Crippen LogP contribution is 2.24. The van der Waals surface area contributed by atoms with Crippen LogP contribution in [-0.4, -0.2) is 20.8 Å². The lowest BCUT2D eigenvalue weighted by atomic mass is 9.99. The molecule has 4 nitrogen and oxygen atoms in total. The number of sulfone groups is 1. The first-order valence-electron chi connectivity index (χ1n) is 7.47. The van der Waals surface area contributed by atoms with Gasteiger partial charge in [-0.3, -0.25) is 0 Å². The van der Waals surface area contributed by atoms with Crippen molar-refractivity contribution in [3.63, 3.8) is 0 Å². The summed E-state index contributed by atoms with van der Waals surface area (Å²) in [7, 11) is -3.36. The third kappa shape index (κ3) is 4.89. The van der Waals surface area contributed by atoms with Crippen molar-refractivity contribution in [2.75, 3.05) is 12.4 Å². The molecule has 0 aliphatic rings. The van der Waals surface area contributed by atoms with Gasteiger partial charge in [-0.25, -0.2) is 18.2 Å². The van der Waals surface area contributed by atoms with Crippen LogP contribution in [0.3, 0.4) is 0 Å². The van der Waals surface area contributed by atoms with Crippen molar-refractivity contribution in [3.8, 4) is 0 Å². The molecule has 23 heavy (non-hydrogen) atoms. The second kappa shape index (κ2) is 7.25. The molecule has 124 valence electrons. The molecule has 0 N–H and O–H groups in total. The zero-order chi connectivity index (χ0) is 16.9. The molecule has 0 bridgehead atoms. The van der Waals surface area contributed by atoms with Crippen molar-refractivity contribution in [3.05, 3.63) is 65.7 Å². The van der Waals surface area contributed by atoms with Crippen LogP contribution in [0.4, 0.5) is 0 Å². The topological polar surface area (TPSA) is 52.6 Å². The van der Waals surface area contributed by atoms with Gasteiger partial charge in [0.15, 0.2) is 9.84 Å². The molecule has 0 saturated heterocycles. The van der Waals surface area contributed by atoms with Gasteiger partial charge in [0.2, 0.25) is 0 Å². The first-order chi connectivity index (χ1) is 10.8. The van der Waals surface area contributed by atoms with Gasteiger partial charge in [0.1, 0.15) is 5.60 Å². The van der Waals surface area contributed by atoms with Crippen LogP contribution in [0.1, 0.15) is 25.0 Å². The second-order valence-electron chi connectivity index (χ2n) is 5.91. The van der Waals surface area contributed by atoms with E-state index in [0.29, 0.717) is 4.90 Å². The summed E-state index contributed by atoms with van der Waals surface area (Å²) in [6.07, 6.45) is 0. The summed E-state index contributed by atoms with van der Waals surface area (Å²) in [5.41, 5.74) is 1.34. The van der Waals surface area contributed by atoms with Gasteiger partial charge < -0.3 is 0 Å². The van der Waals surface area contributed by atoms with Crippen LogP contribution in [0.5, 0.6) is 0 Å². The van der Waals surface area contributed by atoms with Crippen molar-refractivity contribution < 1.29 is 18.2 Å². The molecule has 0 atom stereocenters.